The molecular formula is C18H27NO3S. The standard InChI is InChI=1S/C18H27NO3S/c1-5-22-16(20)13-18(19-23(21)17(2,3)4)12-8-10-14-9-6-7-11-15(14)18/h6-7,9,11,19H,5,8,10,12-13H2,1-4H3/t18-,23-/m0/s1. The molecule has 0 bridgehead atoms. The molecule has 0 fully saturated rings. The van der Waals surface area contributed by atoms with Crippen molar-refractivity contribution in [3.05, 3.63) is 35.4 Å². The molecule has 2 rings (SSSR count). The largest absolute Gasteiger partial charge is 0.598 e. The first-order valence-electron chi connectivity index (χ1n) is 8.22. The van der Waals surface area contributed by atoms with Gasteiger partial charge in [-0.25, -0.2) is 0 Å². The number of fused-ring (bicyclic) bond motifs is 1. The van der Waals surface area contributed by atoms with Gasteiger partial charge in [-0.1, -0.05) is 24.3 Å². The summed E-state index contributed by atoms with van der Waals surface area (Å²) in [6, 6.07) is 8.13. The third kappa shape index (κ3) is 4.28. The predicted molar refractivity (Wildman–Crippen MR) is 93.3 cm³/mol. The van der Waals surface area contributed by atoms with Crippen molar-refractivity contribution in [1.29, 1.82) is 0 Å². The molecule has 0 unspecified atom stereocenters. The fourth-order valence-corrected chi connectivity index (χ4v) is 3.98. The smallest absolute Gasteiger partial charge is 0.308 e. The molecule has 1 aliphatic carbocycles. The first-order chi connectivity index (χ1) is 10.8. The summed E-state index contributed by atoms with van der Waals surface area (Å²) >= 11 is -1.26. The van der Waals surface area contributed by atoms with E-state index in [-0.39, 0.29) is 12.4 Å². The number of ether oxygens (including phenoxy) is 1. The van der Waals surface area contributed by atoms with Crippen LogP contribution < -0.4 is 4.72 Å². The van der Waals surface area contributed by atoms with Crippen LogP contribution in [0.15, 0.2) is 24.3 Å². The van der Waals surface area contributed by atoms with Crippen LogP contribution in [0.1, 0.15) is 58.1 Å². The maximum atomic E-state index is 12.7. The minimum absolute atomic E-state index is 0.208. The number of hydrogen-bond donors (Lipinski definition) is 1. The van der Waals surface area contributed by atoms with Crippen molar-refractivity contribution in [2.75, 3.05) is 6.61 Å². The molecule has 1 aromatic carbocycles. The van der Waals surface area contributed by atoms with E-state index in [1.165, 1.54) is 5.56 Å². The molecule has 1 N–H and O–H groups in total. The third-order valence-electron chi connectivity index (χ3n) is 4.18. The molecule has 0 saturated heterocycles. The number of carbonyl (C=O) groups is 1. The van der Waals surface area contributed by atoms with Gasteiger partial charge >= 0.3 is 5.97 Å². The monoisotopic (exact) mass is 337 g/mol. The Bertz CT molecular complexity index is 555. The highest BCUT2D eigenvalue weighted by Crippen LogP contribution is 2.39. The number of benzene rings is 1. The second-order valence-corrected chi connectivity index (χ2v) is 9.02. The van der Waals surface area contributed by atoms with Gasteiger partial charge in [-0.3, -0.25) is 4.79 Å². The van der Waals surface area contributed by atoms with Crippen molar-refractivity contribution in [2.24, 2.45) is 0 Å². The van der Waals surface area contributed by atoms with E-state index < -0.39 is 21.6 Å². The molecule has 1 aliphatic rings. The topological polar surface area (TPSA) is 61.4 Å². The van der Waals surface area contributed by atoms with Crippen molar-refractivity contribution in [1.82, 2.24) is 4.72 Å². The van der Waals surface area contributed by atoms with Gasteiger partial charge in [0.1, 0.15) is 4.75 Å². The van der Waals surface area contributed by atoms with Crippen LogP contribution in [-0.4, -0.2) is 21.9 Å². The van der Waals surface area contributed by atoms with Gasteiger partial charge in [0.25, 0.3) is 0 Å². The summed E-state index contributed by atoms with van der Waals surface area (Å²) in [7, 11) is 0. The minimum atomic E-state index is -1.26. The quantitative estimate of drug-likeness (QED) is 0.662. The summed E-state index contributed by atoms with van der Waals surface area (Å²) in [6.07, 6.45) is 2.94. The van der Waals surface area contributed by atoms with Gasteiger partial charge in [0, 0.05) is 11.4 Å². The van der Waals surface area contributed by atoms with E-state index in [9.17, 15) is 9.35 Å². The maximum Gasteiger partial charge on any atom is 0.308 e. The van der Waals surface area contributed by atoms with Crippen molar-refractivity contribution in [2.45, 2.75) is 63.7 Å². The van der Waals surface area contributed by atoms with E-state index in [0.29, 0.717) is 6.61 Å². The normalized spacial score (nSPS) is 22.3. The van der Waals surface area contributed by atoms with Gasteiger partial charge in [-0.2, -0.15) is 0 Å². The summed E-state index contributed by atoms with van der Waals surface area (Å²) in [5.41, 5.74) is 1.69. The van der Waals surface area contributed by atoms with Crippen LogP contribution in [0.25, 0.3) is 0 Å². The van der Waals surface area contributed by atoms with Crippen LogP contribution >= 0.6 is 0 Å². The van der Waals surface area contributed by atoms with Gasteiger partial charge < -0.3 is 9.29 Å². The Kier molecular flexibility index (Phi) is 5.76. The van der Waals surface area contributed by atoms with Crippen LogP contribution in [0.2, 0.25) is 0 Å². The maximum absolute atomic E-state index is 12.7. The van der Waals surface area contributed by atoms with E-state index >= 15 is 0 Å². The minimum Gasteiger partial charge on any atom is -0.598 e. The average Bonchev–Trinajstić information content (AvgIpc) is 2.47. The predicted octanol–water partition coefficient (Wildman–Crippen LogP) is 3.22. The Morgan fingerprint density at radius 1 is 1.39 bits per heavy atom. The molecule has 2 atom stereocenters. The van der Waals surface area contributed by atoms with Gasteiger partial charge in [-0.05, 0) is 58.1 Å². The van der Waals surface area contributed by atoms with Gasteiger partial charge in [0.15, 0.2) is 0 Å². The Hall–Kier alpha value is -1.04. The Labute approximate surface area is 142 Å². The molecule has 4 nitrogen and oxygen atoms in total. The second kappa shape index (κ2) is 7.24. The third-order valence-corrected chi connectivity index (χ3v) is 5.87. The number of esters is 1. The van der Waals surface area contributed by atoms with Gasteiger partial charge in [0.2, 0.25) is 0 Å². The highest BCUT2D eigenvalue weighted by atomic mass is 32.2. The molecule has 0 saturated carbocycles. The summed E-state index contributed by atoms with van der Waals surface area (Å²) in [5, 5.41) is 0. The average molecular weight is 337 g/mol. The number of hydrogen-bond acceptors (Lipinski definition) is 4. The lowest BCUT2D eigenvalue weighted by Crippen LogP contribution is -2.53. The molecule has 128 valence electrons. The number of nitrogens with one attached hydrogen (secondary N) is 1. The van der Waals surface area contributed by atoms with E-state index in [4.69, 9.17) is 4.74 Å². The summed E-state index contributed by atoms with van der Waals surface area (Å²) in [6.45, 7) is 7.97. The summed E-state index contributed by atoms with van der Waals surface area (Å²) < 4.78 is 20.8. The highest BCUT2D eigenvalue weighted by Gasteiger charge is 2.44. The molecular weight excluding hydrogens is 310 g/mol. The van der Waals surface area contributed by atoms with Crippen LogP contribution in [0.4, 0.5) is 0 Å². The van der Waals surface area contributed by atoms with Crippen molar-refractivity contribution in [3.8, 4) is 0 Å². The zero-order valence-corrected chi connectivity index (χ0v) is 15.3. The molecule has 0 heterocycles. The van der Waals surface area contributed by atoms with Crippen molar-refractivity contribution >= 4 is 17.3 Å². The van der Waals surface area contributed by atoms with Crippen molar-refractivity contribution < 1.29 is 14.1 Å². The molecule has 0 spiro atoms. The fraction of sp³-hybridized carbons (Fsp3) is 0.611. The first-order valence-corrected chi connectivity index (χ1v) is 9.37. The van der Waals surface area contributed by atoms with Crippen molar-refractivity contribution in [3.63, 3.8) is 0 Å². The molecule has 0 amide bonds. The highest BCUT2D eigenvalue weighted by molar-refractivity contribution is 7.90. The van der Waals surface area contributed by atoms with Crippen LogP contribution in [0.3, 0.4) is 0 Å². The van der Waals surface area contributed by atoms with Crippen LogP contribution in [0, 0.1) is 0 Å². The molecule has 0 radical (unpaired) electrons. The van der Waals surface area contributed by atoms with Gasteiger partial charge in [-0.15, -0.1) is 4.72 Å². The van der Waals surface area contributed by atoms with Crippen LogP contribution in [-0.2, 0) is 32.9 Å². The van der Waals surface area contributed by atoms with Crippen LogP contribution in [0.5, 0.6) is 0 Å². The molecule has 1 aromatic rings. The summed E-state index contributed by atoms with van der Waals surface area (Å²) in [5.74, 6) is -0.248. The molecule has 0 aliphatic heterocycles. The number of rotatable bonds is 5. The molecule has 5 heteroatoms. The van der Waals surface area contributed by atoms with Gasteiger partial charge in [0.05, 0.1) is 18.6 Å². The van der Waals surface area contributed by atoms with E-state index in [1.54, 1.807) is 6.92 Å². The summed E-state index contributed by atoms with van der Waals surface area (Å²) in [4.78, 5) is 12.2. The lowest BCUT2D eigenvalue weighted by molar-refractivity contribution is -0.145. The Morgan fingerprint density at radius 3 is 2.74 bits per heavy atom. The number of aryl methyl sites for hydroxylation is 1. The SMILES string of the molecule is CCOC(=O)C[C@@]1(N[S@@+]([O-])C(C)(C)C)CCCc2ccccc21. The number of carbonyl (C=O) groups excluding carboxylic acids is 1. The molecule has 23 heavy (non-hydrogen) atoms. The van der Waals surface area contributed by atoms with E-state index in [2.05, 4.69) is 10.8 Å². The Balaban J connectivity index is 2.38. The fourth-order valence-electron chi connectivity index (χ4n) is 3.04. The van der Waals surface area contributed by atoms with E-state index in [1.807, 2.05) is 39.0 Å². The zero-order valence-electron chi connectivity index (χ0n) is 14.5. The lowest BCUT2D eigenvalue weighted by Gasteiger charge is -2.40. The second-order valence-electron chi connectivity index (χ2n) is 7.06. The zero-order chi connectivity index (χ0) is 17.1. The van der Waals surface area contributed by atoms with E-state index in [0.717, 1.165) is 24.8 Å². The first kappa shape index (κ1) is 18.3. The Morgan fingerprint density at radius 2 is 2.09 bits per heavy atom. The lowest BCUT2D eigenvalue weighted by atomic mass is 9.75. The molecule has 0 aromatic heterocycles.